The minimum Gasteiger partial charge on any atom is -0.467 e. The molecular formula is C19H20N6O. The van der Waals surface area contributed by atoms with E-state index in [1.165, 1.54) is 0 Å². The minimum atomic E-state index is 0.460. The maximum absolute atomic E-state index is 5.28. The second-order valence-electron chi connectivity index (χ2n) is 5.53. The first kappa shape index (κ1) is 17.3. The summed E-state index contributed by atoms with van der Waals surface area (Å²) in [7, 11) is 0. The topological polar surface area (TPSA) is 81.1 Å². The van der Waals surface area contributed by atoms with Crippen LogP contribution in [0.4, 0.5) is 0 Å². The zero-order valence-electron chi connectivity index (χ0n) is 14.8. The Hall–Kier alpha value is -3.48. The maximum atomic E-state index is 5.28. The highest BCUT2D eigenvalue weighted by molar-refractivity contribution is 5.88. The molecule has 3 aromatic heterocycles. The number of hydrogen-bond acceptors (Lipinski definition) is 5. The van der Waals surface area contributed by atoms with Crippen LogP contribution >= 0.6 is 0 Å². The molecule has 0 aromatic carbocycles. The highest BCUT2D eigenvalue weighted by Crippen LogP contribution is 2.20. The predicted molar refractivity (Wildman–Crippen MR) is 102 cm³/mol. The van der Waals surface area contributed by atoms with Crippen molar-refractivity contribution in [1.82, 2.24) is 25.1 Å². The molecule has 3 heterocycles. The molecule has 0 aliphatic rings. The van der Waals surface area contributed by atoms with Crippen LogP contribution in [-0.2, 0) is 6.54 Å². The molecule has 26 heavy (non-hydrogen) atoms. The van der Waals surface area contributed by atoms with Gasteiger partial charge in [0.15, 0.2) is 11.6 Å². The van der Waals surface area contributed by atoms with Crippen molar-refractivity contribution in [3.8, 4) is 11.4 Å². The van der Waals surface area contributed by atoms with E-state index < -0.39 is 0 Å². The molecule has 0 atom stereocenters. The molecule has 0 amide bonds. The molecule has 0 saturated heterocycles. The van der Waals surface area contributed by atoms with E-state index in [2.05, 4.69) is 32.1 Å². The van der Waals surface area contributed by atoms with Gasteiger partial charge < -0.3 is 9.73 Å². The summed E-state index contributed by atoms with van der Waals surface area (Å²) in [5, 5.41) is 11.7. The lowest BCUT2D eigenvalue weighted by Crippen LogP contribution is -2.20. The maximum Gasteiger partial charge on any atom is 0.184 e. The lowest BCUT2D eigenvalue weighted by molar-refractivity contribution is 0.512. The average Bonchev–Trinajstić information content (AvgIpc) is 3.31. The van der Waals surface area contributed by atoms with E-state index in [0.29, 0.717) is 29.7 Å². The average molecular weight is 348 g/mol. The Labute approximate surface area is 151 Å². The zero-order valence-corrected chi connectivity index (χ0v) is 14.8. The normalized spacial score (nSPS) is 11.8. The number of aliphatic imine (C=N–C) groups is 1. The van der Waals surface area contributed by atoms with Gasteiger partial charge in [0.1, 0.15) is 5.76 Å². The van der Waals surface area contributed by atoms with Crippen molar-refractivity contribution < 1.29 is 4.42 Å². The summed E-state index contributed by atoms with van der Waals surface area (Å²) in [5.41, 5.74) is 1.48. The van der Waals surface area contributed by atoms with Crippen LogP contribution in [0.25, 0.3) is 23.3 Å². The third kappa shape index (κ3) is 3.94. The minimum absolute atomic E-state index is 0.460. The molecule has 0 aliphatic carbocycles. The summed E-state index contributed by atoms with van der Waals surface area (Å²) in [6.07, 6.45) is 8.91. The standard InChI is InChI=1S/C19H20N6O/c1-4-10-25-18(23-24-19(25)16-7-5-9-20-12-16)14(2)22-15(3)21-13-17-8-6-11-26-17/h4-12H,2,13H2,1,3H3,(H,21,22). The van der Waals surface area contributed by atoms with E-state index in [1.54, 1.807) is 18.7 Å². The summed E-state index contributed by atoms with van der Waals surface area (Å²) in [6, 6.07) is 7.52. The van der Waals surface area contributed by atoms with Gasteiger partial charge in [0.2, 0.25) is 0 Å². The van der Waals surface area contributed by atoms with E-state index in [-0.39, 0.29) is 0 Å². The molecule has 132 valence electrons. The van der Waals surface area contributed by atoms with Gasteiger partial charge in [-0.1, -0.05) is 12.7 Å². The number of nitrogens with one attached hydrogen (secondary N) is 1. The largest absolute Gasteiger partial charge is 0.467 e. The molecule has 0 saturated carbocycles. The van der Waals surface area contributed by atoms with E-state index in [0.717, 1.165) is 11.3 Å². The van der Waals surface area contributed by atoms with Crippen LogP contribution in [0.2, 0.25) is 0 Å². The fourth-order valence-electron chi connectivity index (χ4n) is 2.39. The van der Waals surface area contributed by atoms with Gasteiger partial charge >= 0.3 is 0 Å². The molecule has 0 bridgehead atoms. The SMILES string of the molecule is C=C(NC(C)=NCc1ccco1)c1nnc(-c2cccnc2)n1C=CC. The number of rotatable bonds is 6. The Kier molecular flexibility index (Phi) is 5.38. The van der Waals surface area contributed by atoms with Gasteiger partial charge in [0.25, 0.3) is 0 Å². The molecule has 0 aliphatic heterocycles. The Morgan fingerprint density at radius 3 is 2.92 bits per heavy atom. The Bertz CT molecular complexity index is 922. The lowest BCUT2D eigenvalue weighted by Gasteiger charge is -2.10. The molecule has 0 fully saturated rings. The van der Waals surface area contributed by atoms with E-state index in [9.17, 15) is 0 Å². The van der Waals surface area contributed by atoms with Gasteiger partial charge in [-0.25, -0.2) is 0 Å². The second-order valence-corrected chi connectivity index (χ2v) is 5.53. The third-order valence-electron chi connectivity index (χ3n) is 3.57. The van der Waals surface area contributed by atoms with Crippen molar-refractivity contribution in [1.29, 1.82) is 0 Å². The van der Waals surface area contributed by atoms with Crippen molar-refractivity contribution in [2.75, 3.05) is 0 Å². The van der Waals surface area contributed by atoms with Crippen molar-refractivity contribution in [2.24, 2.45) is 4.99 Å². The molecule has 7 nitrogen and oxygen atoms in total. The van der Waals surface area contributed by atoms with E-state index >= 15 is 0 Å². The van der Waals surface area contributed by atoms with Gasteiger partial charge in [-0.15, -0.1) is 10.2 Å². The molecule has 7 heteroatoms. The molecular weight excluding hydrogens is 328 g/mol. The number of hydrogen-bond donors (Lipinski definition) is 1. The number of allylic oxidation sites excluding steroid dienone is 1. The van der Waals surface area contributed by atoms with Gasteiger partial charge in [-0.05, 0) is 38.1 Å². The van der Waals surface area contributed by atoms with Crippen LogP contribution in [0, 0.1) is 0 Å². The number of aromatic nitrogens is 4. The van der Waals surface area contributed by atoms with Gasteiger partial charge in [0.05, 0.1) is 24.3 Å². The Balaban J connectivity index is 1.81. The number of amidine groups is 1. The highest BCUT2D eigenvalue weighted by Gasteiger charge is 2.15. The monoisotopic (exact) mass is 348 g/mol. The van der Waals surface area contributed by atoms with Gasteiger partial charge in [-0.3, -0.25) is 14.5 Å². The third-order valence-corrected chi connectivity index (χ3v) is 3.57. The first-order valence-corrected chi connectivity index (χ1v) is 8.17. The lowest BCUT2D eigenvalue weighted by atomic mass is 10.2. The quantitative estimate of drug-likeness (QED) is 0.544. The van der Waals surface area contributed by atoms with Gasteiger partial charge in [-0.2, -0.15) is 0 Å². The van der Waals surface area contributed by atoms with Gasteiger partial charge in [0, 0.05) is 24.2 Å². The van der Waals surface area contributed by atoms with Crippen LogP contribution in [0.5, 0.6) is 0 Å². The first-order valence-electron chi connectivity index (χ1n) is 8.17. The fraction of sp³-hybridized carbons (Fsp3) is 0.158. The Morgan fingerprint density at radius 2 is 2.23 bits per heavy atom. The van der Waals surface area contributed by atoms with Crippen molar-refractivity contribution in [2.45, 2.75) is 20.4 Å². The Morgan fingerprint density at radius 1 is 1.35 bits per heavy atom. The zero-order chi connectivity index (χ0) is 18.4. The van der Waals surface area contributed by atoms with Crippen LogP contribution in [0.1, 0.15) is 25.4 Å². The van der Waals surface area contributed by atoms with E-state index in [4.69, 9.17) is 4.42 Å². The molecule has 3 rings (SSSR count). The summed E-state index contributed by atoms with van der Waals surface area (Å²) in [5.74, 6) is 2.81. The first-order chi connectivity index (χ1) is 12.7. The van der Waals surface area contributed by atoms with E-state index in [1.807, 2.05) is 55.0 Å². The number of furan rings is 1. The second kappa shape index (κ2) is 8.06. The smallest absolute Gasteiger partial charge is 0.184 e. The molecule has 3 aromatic rings. The molecule has 0 unspecified atom stereocenters. The summed E-state index contributed by atoms with van der Waals surface area (Å²) in [4.78, 5) is 8.58. The van der Waals surface area contributed by atoms with Crippen molar-refractivity contribution in [3.05, 3.63) is 67.2 Å². The summed E-state index contributed by atoms with van der Waals surface area (Å²) >= 11 is 0. The molecule has 1 N–H and O–H groups in total. The number of pyridine rings is 1. The van der Waals surface area contributed by atoms with Crippen molar-refractivity contribution >= 4 is 17.7 Å². The van der Waals surface area contributed by atoms with Crippen LogP contribution < -0.4 is 5.32 Å². The van der Waals surface area contributed by atoms with Crippen molar-refractivity contribution in [3.63, 3.8) is 0 Å². The summed E-state index contributed by atoms with van der Waals surface area (Å²) < 4.78 is 7.15. The van der Waals surface area contributed by atoms with Crippen LogP contribution in [0.15, 0.2) is 65.0 Å². The molecule has 0 spiro atoms. The highest BCUT2D eigenvalue weighted by atomic mass is 16.3. The predicted octanol–water partition coefficient (Wildman–Crippen LogP) is 3.60. The van der Waals surface area contributed by atoms with Crippen LogP contribution in [-0.4, -0.2) is 25.6 Å². The van der Waals surface area contributed by atoms with Crippen LogP contribution in [0.3, 0.4) is 0 Å². The fourth-order valence-corrected chi connectivity index (χ4v) is 2.39. The molecule has 0 radical (unpaired) electrons. The summed E-state index contributed by atoms with van der Waals surface area (Å²) in [6.45, 7) is 8.33. The number of nitrogens with zero attached hydrogens (tertiary/aromatic N) is 5.